The minimum Gasteiger partial charge on any atom is -0.0843 e. The third-order valence-corrected chi connectivity index (χ3v) is 5.64. The van der Waals surface area contributed by atoms with Crippen molar-refractivity contribution in [3.63, 3.8) is 0 Å². The zero-order chi connectivity index (χ0) is 13.3. The van der Waals surface area contributed by atoms with E-state index in [9.17, 15) is 0 Å². The molecule has 0 saturated carbocycles. The maximum absolute atomic E-state index is 6.19. The fourth-order valence-electron chi connectivity index (χ4n) is 1.56. The molecule has 94 valence electrons. The molecule has 0 amide bonds. The highest BCUT2D eigenvalue weighted by molar-refractivity contribution is 14.1. The molecule has 0 radical (unpaired) electrons. The van der Waals surface area contributed by atoms with E-state index >= 15 is 0 Å². The lowest BCUT2D eigenvalue weighted by Crippen LogP contribution is -1.94. The van der Waals surface area contributed by atoms with Gasteiger partial charge in [0.05, 0.1) is 9.85 Å². The van der Waals surface area contributed by atoms with Gasteiger partial charge in [0.15, 0.2) is 0 Å². The lowest BCUT2D eigenvalue weighted by Gasteiger charge is -2.13. The number of hydrogen-bond donors (Lipinski definition) is 0. The van der Waals surface area contributed by atoms with Crippen molar-refractivity contribution in [1.82, 2.24) is 0 Å². The van der Waals surface area contributed by atoms with Gasteiger partial charge in [-0.15, -0.1) is 0 Å². The second-order valence-electron chi connectivity index (χ2n) is 3.70. The van der Waals surface area contributed by atoms with Crippen molar-refractivity contribution in [2.24, 2.45) is 0 Å². The van der Waals surface area contributed by atoms with E-state index in [0.29, 0.717) is 10.0 Å². The molecule has 1 unspecified atom stereocenters. The highest BCUT2D eigenvalue weighted by atomic mass is 127. The van der Waals surface area contributed by atoms with E-state index in [1.165, 1.54) is 0 Å². The summed E-state index contributed by atoms with van der Waals surface area (Å²) in [4.78, 5) is -0.0294. The standard InChI is InChI=1S/C13H7BrCl3I/c14-13(7-1-4-12(18)11(17)5-7)9-6-8(15)2-3-10(9)16/h1-6,13H. The Kier molecular flexibility index (Phi) is 5.23. The van der Waals surface area contributed by atoms with Gasteiger partial charge in [-0.25, -0.2) is 0 Å². The molecular formula is C13H7BrCl3I. The summed E-state index contributed by atoms with van der Waals surface area (Å²) in [5, 5.41) is 2.07. The molecule has 0 heterocycles. The maximum Gasteiger partial charge on any atom is 0.0660 e. The lowest BCUT2D eigenvalue weighted by molar-refractivity contribution is 1.18. The molecule has 2 rings (SSSR count). The second-order valence-corrected chi connectivity index (χ2v) is 7.03. The van der Waals surface area contributed by atoms with Gasteiger partial charge in [0.1, 0.15) is 0 Å². The molecule has 1 atom stereocenters. The van der Waals surface area contributed by atoms with Gasteiger partial charge in [-0.05, 0) is 64.0 Å². The third kappa shape index (κ3) is 3.34. The van der Waals surface area contributed by atoms with E-state index in [1.54, 1.807) is 12.1 Å². The van der Waals surface area contributed by atoms with Crippen LogP contribution >= 0.6 is 73.3 Å². The van der Waals surface area contributed by atoms with Gasteiger partial charge in [-0.2, -0.15) is 0 Å². The summed E-state index contributed by atoms with van der Waals surface area (Å²) in [6.07, 6.45) is 0. The van der Waals surface area contributed by atoms with Crippen molar-refractivity contribution in [3.8, 4) is 0 Å². The van der Waals surface area contributed by atoms with E-state index in [2.05, 4.69) is 38.5 Å². The van der Waals surface area contributed by atoms with Crippen molar-refractivity contribution in [2.75, 3.05) is 0 Å². The molecule has 5 heteroatoms. The second kappa shape index (κ2) is 6.31. The van der Waals surface area contributed by atoms with Gasteiger partial charge in [0.2, 0.25) is 0 Å². The summed E-state index contributed by atoms with van der Waals surface area (Å²) >= 11 is 24.1. The van der Waals surface area contributed by atoms with Crippen LogP contribution in [0.5, 0.6) is 0 Å². The largest absolute Gasteiger partial charge is 0.0843 e. The molecule has 0 N–H and O–H groups in total. The Morgan fingerprint density at radius 2 is 1.67 bits per heavy atom. The smallest absolute Gasteiger partial charge is 0.0660 e. The molecule has 0 nitrogen and oxygen atoms in total. The Bertz CT molecular complexity index is 586. The van der Waals surface area contributed by atoms with Crippen LogP contribution in [0.15, 0.2) is 36.4 Å². The van der Waals surface area contributed by atoms with Gasteiger partial charge in [0, 0.05) is 13.6 Å². The van der Waals surface area contributed by atoms with E-state index in [0.717, 1.165) is 19.7 Å². The van der Waals surface area contributed by atoms with Gasteiger partial charge in [-0.1, -0.05) is 56.8 Å². The van der Waals surface area contributed by atoms with Crippen molar-refractivity contribution in [1.29, 1.82) is 0 Å². The number of hydrogen-bond acceptors (Lipinski definition) is 0. The lowest BCUT2D eigenvalue weighted by atomic mass is 10.0. The van der Waals surface area contributed by atoms with Crippen molar-refractivity contribution in [2.45, 2.75) is 4.83 Å². The molecule has 0 saturated heterocycles. The van der Waals surface area contributed by atoms with Crippen LogP contribution in [0.4, 0.5) is 0 Å². The van der Waals surface area contributed by atoms with E-state index in [-0.39, 0.29) is 4.83 Å². The Morgan fingerprint density at radius 3 is 2.33 bits per heavy atom. The summed E-state index contributed by atoms with van der Waals surface area (Å²) in [6, 6.07) is 11.3. The molecular weight excluding hydrogens is 469 g/mol. The van der Waals surface area contributed by atoms with Gasteiger partial charge < -0.3 is 0 Å². The van der Waals surface area contributed by atoms with Crippen LogP contribution in [-0.4, -0.2) is 0 Å². The summed E-state index contributed by atoms with van der Waals surface area (Å²) in [7, 11) is 0. The highest BCUT2D eigenvalue weighted by Crippen LogP contribution is 2.37. The van der Waals surface area contributed by atoms with Crippen molar-refractivity contribution in [3.05, 3.63) is 66.2 Å². The number of rotatable bonds is 2. The van der Waals surface area contributed by atoms with Crippen LogP contribution in [0.25, 0.3) is 0 Å². The monoisotopic (exact) mass is 474 g/mol. The van der Waals surface area contributed by atoms with Crippen molar-refractivity contribution < 1.29 is 0 Å². The predicted octanol–water partition coefficient (Wildman–Crippen LogP) is 6.74. The Hall–Kier alpha value is 0.520. The normalized spacial score (nSPS) is 12.5. The quantitative estimate of drug-likeness (QED) is 0.333. The van der Waals surface area contributed by atoms with E-state index in [4.69, 9.17) is 34.8 Å². The van der Waals surface area contributed by atoms with Gasteiger partial charge >= 0.3 is 0 Å². The van der Waals surface area contributed by atoms with Gasteiger partial charge in [0.25, 0.3) is 0 Å². The van der Waals surface area contributed by atoms with Crippen molar-refractivity contribution >= 4 is 73.3 Å². The molecule has 2 aromatic rings. The average Bonchev–Trinajstić information content (AvgIpc) is 2.35. The SMILES string of the molecule is Clc1ccc(Cl)c(C(Br)c2ccc(I)c(Cl)c2)c1. The minimum atomic E-state index is -0.0294. The minimum absolute atomic E-state index is 0.0294. The number of alkyl halides is 1. The molecule has 0 spiro atoms. The first-order valence-corrected chi connectivity index (χ1v) is 8.16. The fraction of sp³-hybridized carbons (Fsp3) is 0.0769. The Labute approximate surface area is 143 Å². The zero-order valence-electron chi connectivity index (χ0n) is 8.93. The highest BCUT2D eigenvalue weighted by Gasteiger charge is 2.15. The third-order valence-electron chi connectivity index (χ3n) is 2.47. The molecule has 0 bridgehead atoms. The van der Waals surface area contributed by atoms with Crippen LogP contribution in [0.1, 0.15) is 16.0 Å². The Morgan fingerprint density at radius 1 is 0.944 bits per heavy atom. The molecule has 0 aliphatic carbocycles. The van der Waals surface area contributed by atoms with E-state index in [1.807, 2.05) is 24.3 Å². The first-order chi connectivity index (χ1) is 8.49. The first-order valence-electron chi connectivity index (χ1n) is 5.03. The molecule has 0 aliphatic heterocycles. The first kappa shape index (κ1) is 14.9. The Balaban J connectivity index is 2.44. The molecule has 0 aromatic heterocycles. The molecule has 18 heavy (non-hydrogen) atoms. The van der Waals surface area contributed by atoms with Crippen LogP contribution in [-0.2, 0) is 0 Å². The van der Waals surface area contributed by atoms with Gasteiger partial charge in [-0.3, -0.25) is 0 Å². The number of benzene rings is 2. The van der Waals surface area contributed by atoms with Crippen LogP contribution in [0, 0.1) is 3.57 Å². The summed E-state index contributed by atoms with van der Waals surface area (Å²) in [5.41, 5.74) is 1.98. The topological polar surface area (TPSA) is 0 Å². The van der Waals surface area contributed by atoms with Crippen LogP contribution < -0.4 is 0 Å². The van der Waals surface area contributed by atoms with Crippen LogP contribution in [0.2, 0.25) is 15.1 Å². The molecule has 0 fully saturated rings. The average molecular weight is 476 g/mol. The number of halogens is 5. The van der Waals surface area contributed by atoms with Crippen LogP contribution in [0.3, 0.4) is 0 Å². The summed E-state index contributed by atoms with van der Waals surface area (Å²) < 4.78 is 1.02. The molecule has 0 aliphatic rings. The van der Waals surface area contributed by atoms with E-state index < -0.39 is 0 Å². The predicted molar refractivity (Wildman–Crippen MR) is 91.4 cm³/mol. The summed E-state index contributed by atoms with van der Waals surface area (Å²) in [5.74, 6) is 0. The fourth-order valence-corrected chi connectivity index (χ4v) is 3.29. The maximum atomic E-state index is 6.19. The zero-order valence-corrected chi connectivity index (χ0v) is 14.9. The molecule has 2 aromatic carbocycles. The summed E-state index contributed by atoms with van der Waals surface area (Å²) in [6.45, 7) is 0.